The lowest BCUT2D eigenvalue weighted by molar-refractivity contribution is 0.0660. The molecule has 0 fully saturated rings. The molecule has 9 heteroatoms. The first-order valence-electron chi connectivity index (χ1n) is 5.67. The summed E-state index contributed by atoms with van der Waals surface area (Å²) in [5, 5.41) is 17.3. The lowest BCUT2D eigenvalue weighted by Gasteiger charge is -2.03. The van der Waals surface area contributed by atoms with Crippen LogP contribution in [0.5, 0.6) is 0 Å². The molecule has 0 unspecified atom stereocenters. The lowest BCUT2D eigenvalue weighted by Crippen LogP contribution is -2.34. The van der Waals surface area contributed by atoms with Crippen LogP contribution in [-0.4, -0.2) is 27.2 Å². The third-order valence-electron chi connectivity index (χ3n) is 2.27. The maximum absolute atomic E-state index is 11.5. The Kier molecular flexibility index (Phi) is 3.99. The predicted octanol–water partition coefficient (Wildman–Crippen LogP) is 0.669. The second kappa shape index (κ2) is 5.87. The smallest absolute Gasteiger partial charge is 0.371 e. The van der Waals surface area contributed by atoms with Gasteiger partial charge in [0, 0.05) is 0 Å². The number of rotatable bonds is 5. The number of nitrogens with one attached hydrogen (secondary N) is 2. The number of carboxylic acid groups (broad SMARTS) is 1. The van der Waals surface area contributed by atoms with Crippen molar-refractivity contribution in [1.29, 1.82) is 0 Å². The molecule has 0 bridgehead atoms. The Balaban J connectivity index is 1.75. The van der Waals surface area contributed by atoms with Crippen molar-refractivity contribution in [3.63, 3.8) is 0 Å². The Morgan fingerprint density at radius 1 is 1.30 bits per heavy atom. The van der Waals surface area contributed by atoms with Crippen LogP contribution in [0.4, 0.5) is 4.79 Å². The highest BCUT2D eigenvalue weighted by molar-refractivity contribution is 5.84. The van der Waals surface area contributed by atoms with E-state index in [-0.39, 0.29) is 18.8 Å². The number of carbonyl (C=O) groups excluding carboxylic acids is 1. The number of hydrogen-bond donors (Lipinski definition) is 3. The molecule has 20 heavy (non-hydrogen) atoms. The monoisotopic (exact) mass is 280 g/mol. The van der Waals surface area contributed by atoms with Gasteiger partial charge in [0.2, 0.25) is 11.7 Å². The average Bonchev–Trinajstić information content (AvgIpc) is 3.03. The Morgan fingerprint density at radius 2 is 2.05 bits per heavy atom. The van der Waals surface area contributed by atoms with E-state index in [4.69, 9.17) is 14.0 Å². The minimum atomic E-state index is -1.16. The zero-order valence-corrected chi connectivity index (χ0v) is 10.5. The Hall–Kier alpha value is -2.84. The summed E-state index contributed by atoms with van der Waals surface area (Å²) < 4.78 is 9.80. The first-order valence-corrected chi connectivity index (χ1v) is 5.67. The molecule has 2 aromatic rings. The van der Waals surface area contributed by atoms with E-state index in [1.165, 1.54) is 12.1 Å². The molecule has 9 nitrogen and oxygen atoms in total. The van der Waals surface area contributed by atoms with Crippen LogP contribution >= 0.6 is 0 Å². The van der Waals surface area contributed by atoms with Crippen LogP contribution in [0, 0.1) is 6.92 Å². The third kappa shape index (κ3) is 3.57. The minimum absolute atomic E-state index is 0.0714. The Morgan fingerprint density at radius 3 is 2.65 bits per heavy atom. The molecule has 0 atom stereocenters. The summed E-state index contributed by atoms with van der Waals surface area (Å²) in [7, 11) is 0. The maximum atomic E-state index is 11.5. The topological polar surface area (TPSA) is 130 Å². The molecule has 2 heterocycles. The number of aromatic nitrogens is 2. The van der Waals surface area contributed by atoms with E-state index >= 15 is 0 Å². The standard InChI is InChI=1S/C11H12N4O5/c1-6-14-9(20-15-6)5-13-11(18)12-4-7-2-3-8(19-7)10(16)17/h2-3H,4-5H2,1H3,(H,16,17)(H2,12,13,18). The van der Waals surface area contributed by atoms with Crippen molar-refractivity contribution < 1.29 is 23.6 Å². The number of carboxylic acids is 1. The molecule has 2 rings (SSSR count). The van der Waals surface area contributed by atoms with Crippen LogP contribution < -0.4 is 10.6 Å². The van der Waals surface area contributed by atoms with E-state index in [1.807, 2.05) is 0 Å². The second-order valence-corrected chi connectivity index (χ2v) is 3.84. The average molecular weight is 280 g/mol. The molecular weight excluding hydrogens is 268 g/mol. The molecule has 2 amide bonds. The van der Waals surface area contributed by atoms with Crippen molar-refractivity contribution in [2.75, 3.05) is 0 Å². The van der Waals surface area contributed by atoms with Gasteiger partial charge in [-0.05, 0) is 19.1 Å². The van der Waals surface area contributed by atoms with Crippen molar-refractivity contribution in [1.82, 2.24) is 20.8 Å². The fourth-order valence-corrected chi connectivity index (χ4v) is 1.39. The van der Waals surface area contributed by atoms with Gasteiger partial charge >= 0.3 is 12.0 Å². The summed E-state index contributed by atoms with van der Waals surface area (Å²) in [4.78, 5) is 26.0. The van der Waals surface area contributed by atoms with Gasteiger partial charge in [-0.1, -0.05) is 5.16 Å². The van der Waals surface area contributed by atoms with Gasteiger partial charge in [0.05, 0.1) is 13.1 Å². The van der Waals surface area contributed by atoms with Gasteiger partial charge in [-0.2, -0.15) is 4.98 Å². The minimum Gasteiger partial charge on any atom is -0.475 e. The van der Waals surface area contributed by atoms with Crippen LogP contribution in [0.3, 0.4) is 0 Å². The molecule has 0 saturated heterocycles. The van der Waals surface area contributed by atoms with Crippen LogP contribution in [0.15, 0.2) is 21.1 Å². The van der Waals surface area contributed by atoms with Gasteiger partial charge in [0.25, 0.3) is 0 Å². The van der Waals surface area contributed by atoms with E-state index in [9.17, 15) is 9.59 Å². The maximum Gasteiger partial charge on any atom is 0.371 e. The number of hydrogen-bond acceptors (Lipinski definition) is 6. The number of furan rings is 1. The number of nitrogens with zero attached hydrogens (tertiary/aromatic N) is 2. The van der Waals surface area contributed by atoms with Crippen LogP contribution in [0.2, 0.25) is 0 Å². The summed E-state index contributed by atoms with van der Waals surface area (Å²) in [6.07, 6.45) is 0. The van der Waals surface area contributed by atoms with Crippen LogP contribution in [0.25, 0.3) is 0 Å². The Labute approximate surface area is 113 Å². The quantitative estimate of drug-likeness (QED) is 0.733. The highest BCUT2D eigenvalue weighted by Gasteiger charge is 2.10. The van der Waals surface area contributed by atoms with Crippen molar-refractivity contribution in [2.45, 2.75) is 20.0 Å². The molecular formula is C11H12N4O5. The van der Waals surface area contributed by atoms with E-state index in [2.05, 4.69) is 20.8 Å². The zero-order valence-electron chi connectivity index (χ0n) is 10.5. The summed E-state index contributed by atoms with van der Waals surface area (Å²) >= 11 is 0. The van der Waals surface area contributed by atoms with Crippen molar-refractivity contribution in [3.05, 3.63) is 35.4 Å². The van der Waals surface area contributed by atoms with E-state index in [1.54, 1.807) is 6.92 Å². The zero-order chi connectivity index (χ0) is 14.5. The normalized spacial score (nSPS) is 10.2. The molecule has 0 aliphatic heterocycles. The molecule has 3 N–H and O–H groups in total. The molecule has 0 radical (unpaired) electrons. The highest BCUT2D eigenvalue weighted by Crippen LogP contribution is 2.07. The molecule has 106 valence electrons. The van der Waals surface area contributed by atoms with E-state index in [0.29, 0.717) is 17.5 Å². The summed E-state index contributed by atoms with van der Waals surface area (Å²) in [5.41, 5.74) is 0. The number of aromatic carboxylic acids is 1. The SMILES string of the molecule is Cc1noc(CNC(=O)NCc2ccc(C(=O)O)o2)n1. The van der Waals surface area contributed by atoms with Crippen molar-refractivity contribution in [2.24, 2.45) is 0 Å². The fourth-order valence-electron chi connectivity index (χ4n) is 1.39. The largest absolute Gasteiger partial charge is 0.475 e. The first kappa shape index (κ1) is 13.6. The van der Waals surface area contributed by atoms with Crippen LogP contribution in [-0.2, 0) is 13.1 Å². The number of urea groups is 1. The van der Waals surface area contributed by atoms with E-state index in [0.717, 1.165) is 0 Å². The van der Waals surface area contributed by atoms with E-state index < -0.39 is 12.0 Å². The van der Waals surface area contributed by atoms with Crippen molar-refractivity contribution in [3.8, 4) is 0 Å². The molecule has 0 aromatic carbocycles. The summed E-state index contributed by atoms with van der Waals surface area (Å²) in [6.45, 7) is 1.84. The summed E-state index contributed by atoms with van der Waals surface area (Å²) in [5.74, 6) is -0.218. The second-order valence-electron chi connectivity index (χ2n) is 3.84. The predicted molar refractivity (Wildman–Crippen MR) is 63.8 cm³/mol. The van der Waals surface area contributed by atoms with Crippen molar-refractivity contribution >= 4 is 12.0 Å². The van der Waals surface area contributed by atoms with Gasteiger partial charge in [-0.15, -0.1) is 0 Å². The van der Waals surface area contributed by atoms with Gasteiger partial charge in [-0.3, -0.25) is 0 Å². The molecule has 0 saturated carbocycles. The number of amides is 2. The first-order chi connectivity index (χ1) is 9.54. The van der Waals surface area contributed by atoms with Gasteiger partial charge < -0.3 is 24.7 Å². The molecule has 0 spiro atoms. The van der Waals surface area contributed by atoms with Gasteiger partial charge in [-0.25, -0.2) is 9.59 Å². The third-order valence-corrected chi connectivity index (χ3v) is 2.27. The highest BCUT2D eigenvalue weighted by atomic mass is 16.5. The molecule has 0 aliphatic rings. The molecule has 2 aromatic heterocycles. The number of aryl methyl sites for hydroxylation is 1. The Bertz CT molecular complexity index is 618. The fraction of sp³-hybridized carbons (Fsp3) is 0.273. The van der Waals surface area contributed by atoms with Gasteiger partial charge in [0.15, 0.2) is 5.82 Å². The number of carbonyl (C=O) groups is 2. The summed E-state index contributed by atoms with van der Waals surface area (Å²) in [6, 6.07) is 2.33. The lowest BCUT2D eigenvalue weighted by atomic mass is 10.4. The van der Waals surface area contributed by atoms with Crippen LogP contribution in [0.1, 0.15) is 28.0 Å². The van der Waals surface area contributed by atoms with Gasteiger partial charge in [0.1, 0.15) is 5.76 Å². The molecule has 0 aliphatic carbocycles.